The normalized spacial score (nSPS) is 13.7. The highest BCUT2D eigenvalue weighted by molar-refractivity contribution is 4.56. The van der Waals surface area contributed by atoms with Crippen LogP contribution >= 0.6 is 0 Å². The summed E-state index contributed by atoms with van der Waals surface area (Å²) in [5.74, 6) is 0. The molecule has 56 valence electrons. The zero-order chi connectivity index (χ0) is 7.11. The average molecular weight is 130 g/mol. The number of hydrogen-bond donors (Lipinski definition) is 2. The van der Waals surface area contributed by atoms with Crippen LogP contribution in [0.2, 0.25) is 0 Å². The van der Waals surface area contributed by atoms with E-state index in [2.05, 4.69) is 12.2 Å². The Labute approximate surface area is 57.8 Å². The van der Waals surface area contributed by atoms with Crippen LogP contribution in [0.25, 0.3) is 0 Å². The van der Waals surface area contributed by atoms with Gasteiger partial charge in [-0.3, -0.25) is 0 Å². The molecule has 2 heteroatoms. The molecule has 0 aliphatic carbocycles. The Kier molecular flexibility index (Phi) is 5.99. The maximum Gasteiger partial charge on any atom is 0.00357 e. The van der Waals surface area contributed by atoms with Gasteiger partial charge in [0.15, 0.2) is 0 Å². The molecular formula is C7H18N2. The smallest absolute Gasteiger partial charge is 0.00357 e. The van der Waals surface area contributed by atoms with E-state index in [-0.39, 0.29) is 0 Å². The largest absolute Gasteiger partial charge is 0.330 e. The number of nitrogens with one attached hydrogen (secondary N) is 1. The third-order valence-electron chi connectivity index (χ3n) is 1.58. The molecule has 0 aromatic carbocycles. The summed E-state index contributed by atoms with van der Waals surface area (Å²) in [5, 5.41) is 3.18. The minimum Gasteiger partial charge on any atom is -0.330 e. The third-order valence-corrected chi connectivity index (χ3v) is 1.58. The fourth-order valence-corrected chi connectivity index (χ4v) is 0.739. The first-order valence-electron chi connectivity index (χ1n) is 3.68. The van der Waals surface area contributed by atoms with E-state index < -0.39 is 0 Å². The molecule has 0 aromatic rings. The molecule has 0 saturated heterocycles. The highest BCUT2D eigenvalue weighted by Crippen LogP contribution is 1.97. The van der Waals surface area contributed by atoms with Crippen molar-refractivity contribution in [1.29, 1.82) is 0 Å². The molecule has 0 spiro atoms. The Morgan fingerprint density at radius 1 is 1.44 bits per heavy atom. The van der Waals surface area contributed by atoms with Crippen molar-refractivity contribution in [2.45, 2.75) is 32.2 Å². The first-order chi connectivity index (χ1) is 4.31. The summed E-state index contributed by atoms with van der Waals surface area (Å²) >= 11 is 0. The quantitative estimate of drug-likeness (QED) is 0.538. The number of nitrogens with two attached hydrogens (primary N) is 1. The number of unbranched alkanes of at least 4 members (excludes halogenated alkanes) is 1. The SMILES string of the molecule is CNC(C)CCCCN. The highest BCUT2D eigenvalue weighted by Gasteiger charge is 1.94. The second-order valence-electron chi connectivity index (χ2n) is 2.47. The monoisotopic (exact) mass is 130 g/mol. The van der Waals surface area contributed by atoms with Gasteiger partial charge in [-0.2, -0.15) is 0 Å². The fourth-order valence-electron chi connectivity index (χ4n) is 0.739. The van der Waals surface area contributed by atoms with Gasteiger partial charge in [0.05, 0.1) is 0 Å². The predicted octanol–water partition coefficient (Wildman–Crippen LogP) is 0.723. The standard InChI is InChI=1S/C7H18N2/c1-7(9-2)5-3-4-6-8/h7,9H,3-6,8H2,1-2H3. The highest BCUT2D eigenvalue weighted by atomic mass is 14.8. The van der Waals surface area contributed by atoms with E-state index in [0.717, 1.165) is 13.0 Å². The maximum absolute atomic E-state index is 5.34. The lowest BCUT2D eigenvalue weighted by molar-refractivity contribution is 0.531. The van der Waals surface area contributed by atoms with Crippen molar-refractivity contribution in [3.05, 3.63) is 0 Å². The molecule has 0 heterocycles. The zero-order valence-corrected chi connectivity index (χ0v) is 6.48. The van der Waals surface area contributed by atoms with Gasteiger partial charge in [0.2, 0.25) is 0 Å². The van der Waals surface area contributed by atoms with Crippen LogP contribution < -0.4 is 11.1 Å². The van der Waals surface area contributed by atoms with Gasteiger partial charge in [0.25, 0.3) is 0 Å². The van der Waals surface area contributed by atoms with E-state index in [4.69, 9.17) is 5.73 Å². The van der Waals surface area contributed by atoms with Crippen LogP contribution in [-0.2, 0) is 0 Å². The van der Waals surface area contributed by atoms with Crippen LogP contribution in [0.4, 0.5) is 0 Å². The van der Waals surface area contributed by atoms with E-state index in [1.165, 1.54) is 12.8 Å². The fraction of sp³-hybridized carbons (Fsp3) is 1.00. The first kappa shape index (κ1) is 8.92. The van der Waals surface area contributed by atoms with Crippen LogP contribution in [0.15, 0.2) is 0 Å². The van der Waals surface area contributed by atoms with E-state index in [0.29, 0.717) is 6.04 Å². The van der Waals surface area contributed by atoms with Crippen molar-refractivity contribution in [1.82, 2.24) is 5.32 Å². The van der Waals surface area contributed by atoms with Gasteiger partial charge in [0, 0.05) is 6.04 Å². The van der Waals surface area contributed by atoms with E-state index >= 15 is 0 Å². The van der Waals surface area contributed by atoms with Gasteiger partial charge in [-0.05, 0) is 33.4 Å². The third kappa shape index (κ3) is 5.80. The van der Waals surface area contributed by atoms with Gasteiger partial charge in [-0.15, -0.1) is 0 Å². The summed E-state index contributed by atoms with van der Waals surface area (Å²) in [6, 6.07) is 0.650. The molecule has 9 heavy (non-hydrogen) atoms. The molecule has 1 atom stereocenters. The molecule has 0 rings (SSSR count). The first-order valence-corrected chi connectivity index (χ1v) is 3.68. The minimum atomic E-state index is 0.650. The lowest BCUT2D eigenvalue weighted by Crippen LogP contribution is -2.20. The molecule has 0 fully saturated rings. The van der Waals surface area contributed by atoms with Crippen LogP contribution in [0, 0.1) is 0 Å². The van der Waals surface area contributed by atoms with Crippen LogP contribution in [0.3, 0.4) is 0 Å². The maximum atomic E-state index is 5.34. The van der Waals surface area contributed by atoms with E-state index in [1.807, 2.05) is 7.05 Å². The van der Waals surface area contributed by atoms with Crippen molar-refractivity contribution in [3.8, 4) is 0 Å². The number of rotatable bonds is 5. The summed E-state index contributed by atoms with van der Waals surface area (Å²) in [5.41, 5.74) is 5.34. The molecule has 0 saturated carbocycles. The molecule has 2 nitrogen and oxygen atoms in total. The lowest BCUT2D eigenvalue weighted by Gasteiger charge is -2.07. The van der Waals surface area contributed by atoms with E-state index in [9.17, 15) is 0 Å². The Hall–Kier alpha value is -0.0800. The average Bonchev–Trinajstić information content (AvgIpc) is 1.89. The van der Waals surface area contributed by atoms with Gasteiger partial charge in [-0.25, -0.2) is 0 Å². The van der Waals surface area contributed by atoms with Gasteiger partial charge >= 0.3 is 0 Å². The predicted molar refractivity (Wildman–Crippen MR) is 41.4 cm³/mol. The van der Waals surface area contributed by atoms with Gasteiger partial charge in [0.1, 0.15) is 0 Å². The summed E-state index contributed by atoms with van der Waals surface area (Å²) < 4.78 is 0. The van der Waals surface area contributed by atoms with Crippen molar-refractivity contribution in [2.24, 2.45) is 5.73 Å². The Morgan fingerprint density at radius 3 is 2.56 bits per heavy atom. The molecule has 0 aliphatic rings. The molecule has 3 N–H and O–H groups in total. The summed E-state index contributed by atoms with van der Waals surface area (Å²) in [7, 11) is 1.99. The second-order valence-corrected chi connectivity index (χ2v) is 2.47. The summed E-state index contributed by atoms with van der Waals surface area (Å²) in [6.07, 6.45) is 3.65. The van der Waals surface area contributed by atoms with Crippen molar-refractivity contribution < 1.29 is 0 Å². The van der Waals surface area contributed by atoms with Gasteiger partial charge in [-0.1, -0.05) is 6.42 Å². The molecule has 0 radical (unpaired) electrons. The zero-order valence-electron chi connectivity index (χ0n) is 6.48. The second kappa shape index (κ2) is 6.05. The summed E-state index contributed by atoms with van der Waals surface area (Å²) in [4.78, 5) is 0. The molecule has 0 bridgehead atoms. The topological polar surface area (TPSA) is 38.0 Å². The van der Waals surface area contributed by atoms with Crippen molar-refractivity contribution in [3.63, 3.8) is 0 Å². The minimum absolute atomic E-state index is 0.650. The summed E-state index contributed by atoms with van der Waals surface area (Å²) in [6.45, 7) is 3.02. The Bertz CT molecular complexity index is 54.9. The van der Waals surface area contributed by atoms with E-state index in [1.54, 1.807) is 0 Å². The molecule has 1 unspecified atom stereocenters. The molecule has 0 aromatic heterocycles. The van der Waals surface area contributed by atoms with Crippen molar-refractivity contribution in [2.75, 3.05) is 13.6 Å². The number of hydrogen-bond acceptors (Lipinski definition) is 2. The molecule has 0 aliphatic heterocycles. The Balaban J connectivity index is 2.88. The molecule has 0 amide bonds. The van der Waals surface area contributed by atoms with Crippen molar-refractivity contribution >= 4 is 0 Å². The Morgan fingerprint density at radius 2 is 2.11 bits per heavy atom. The van der Waals surface area contributed by atoms with Crippen LogP contribution in [0.1, 0.15) is 26.2 Å². The lowest BCUT2D eigenvalue weighted by atomic mass is 10.1. The van der Waals surface area contributed by atoms with Gasteiger partial charge < -0.3 is 11.1 Å². The van der Waals surface area contributed by atoms with Crippen LogP contribution in [-0.4, -0.2) is 19.6 Å². The van der Waals surface area contributed by atoms with Crippen LogP contribution in [0.5, 0.6) is 0 Å². The molecular weight excluding hydrogens is 112 g/mol.